The number of benzene rings is 1. The molecule has 2 aliphatic rings. The Hall–Kier alpha value is -2.83. The van der Waals surface area contributed by atoms with E-state index in [1.807, 2.05) is 18.2 Å². The number of nitrogens with one attached hydrogen (secondary N) is 2. The maximum atomic E-state index is 13.2. The largest absolute Gasteiger partial charge is 0.383 e. The van der Waals surface area contributed by atoms with Gasteiger partial charge < -0.3 is 29.7 Å². The van der Waals surface area contributed by atoms with E-state index in [1.165, 1.54) is 11.3 Å². The Morgan fingerprint density at radius 1 is 1.31 bits per heavy atom. The number of morpholine rings is 1. The summed E-state index contributed by atoms with van der Waals surface area (Å²) in [4.78, 5) is 35.3. The summed E-state index contributed by atoms with van der Waals surface area (Å²) in [6.07, 6.45) is 3.97. The Morgan fingerprint density at radius 3 is 2.87 bits per heavy atom. The minimum atomic E-state index is -0.356. The van der Waals surface area contributed by atoms with Gasteiger partial charge in [0.15, 0.2) is 5.13 Å². The lowest BCUT2D eigenvalue weighted by Gasteiger charge is -2.45. The molecule has 0 spiro atoms. The van der Waals surface area contributed by atoms with E-state index in [0.717, 1.165) is 43.2 Å². The first-order valence-corrected chi connectivity index (χ1v) is 14.1. The summed E-state index contributed by atoms with van der Waals surface area (Å²) in [5, 5.41) is 8.31. The van der Waals surface area contributed by atoms with E-state index in [0.29, 0.717) is 49.9 Å². The van der Waals surface area contributed by atoms with Crippen LogP contribution in [0.25, 0.3) is 0 Å². The molecule has 4 rings (SSSR count). The van der Waals surface area contributed by atoms with Crippen molar-refractivity contribution in [3.8, 4) is 0 Å². The number of carbonyl (C=O) groups is 2. The predicted octanol–water partition coefficient (Wildman–Crippen LogP) is 3.16. The van der Waals surface area contributed by atoms with Crippen LogP contribution in [0, 0.1) is 0 Å². The van der Waals surface area contributed by atoms with Crippen molar-refractivity contribution in [2.45, 2.75) is 38.0 Å². The first-order valence-electron chi connectivity index (χ1n) is 13.2. The molecule has 2 N–H and O–H groups in total. The number of aromatic nitrogens is 1. The lowest BCUT2D eigenvalue weighted by atomic mass is 9.92. The topological polar surface area (TPSA) is 105 Å². The number of allylic oxidation sites excluding steroid dienone is 1. The van der Waals surface area contributed by atoms with Crippen LogP contribution in [0.15, 0.2) is 36.2 Å². The van der Waals surface area contributed by atoms with Crippen LogP contribution in [-0.4, -0.2) is 93.6 Å². The molecule has 10 nitrogen and oxygen atoms in total. The summed E-state index contributed by atoms with van der Waals surface area (Å²) in [7, 11) is 3.28. The number of hydrogen-bond acceptors (Lipinski definition) is 9. The van der Waals surface area contributed by atoms with Crippen molar-refractivity contribution in [3.05, 3.63) is 53.1 Å². The van der Waals surface area contributed by atoms with Crippen molar-refractivity contribution in [2.24, 2.45) is 0 Å². The molecule has 0 saturated carbocycles. The van der Waals surface area contributed by atoms with Crippen molar-refractivity contribution < 1.29 is 23.8 Å². The zero-order valence-electron chi connectivity index (χ0n) is 23.0. The number of nitrogens with zero attached hydrogens (tertiary/aromatic N) is 3. The van der Waals surface area contributed by atoms with Crippen LogP contribution >= 0.6 is 11.3 Å². The number of rotatable bonds is 13. The molecule has 11 heteroatoms. The minimum Gasteiger partial charge on any atom is -0.383 e. The maximum absolute atomic E-state index is 13.2. The molecule has 0 bridgehead atoms. The molecular weight excluding hydrogens is 518 g/mol. The van der Waals surface area contributed by atoms with Gasteiger partial charge in [-0.15, -0.1) is 17.9 Å². The molecule has 0 radical (unpaired) electrons. The van der Waals surface area contributed by atoms with Crippen LogP contribution < -0.4 is 15.5 Å². The van der Waals surface area contributed by atoms with Crippen LogP contribution in [0.5, 0.6) is 0 Å². The molecule has 2 fully saturated rings. The fourth-order valence-corrected chi connectivity index (χ4v) is 5.58. The summed E-state index contributed by atoms with van der Waals surface area (Å²) in [5.74, 6) is -0.629. The van der Waals surface area contributed by atoms with E-state index < -0.39 is 0 Å². The molecule has 1 aromatic carbocycles. The average molecular weight is 558 g/mol. The number of carbonyl (C=O) groups excluding carboxylic acids is 2. The smallest absolute Gasteiger partial charge is 0.275 e. The van der Waals surface area contributed by atoms with Gasteiger partial charge in [-0.05, 0) is 37.5 Å². The molecule has 2 aromatic rings. The normalized spacial score (nSPS) is 19.9. The highest BCUT2D eigenvalue weighted by atomic mass is 32.1. The summed E-state index contributed by atoms with van der Waals surface area (Å²) in [6, 6.07) is 5.62. The summed E-state index contributed by atoms with van der Waals surface area (Å²) >= 11 is 1.42. The third-order valence-corrected chi connectivity index (χ3v) is 8.19. The first-order chi connectivity index (χ1) is 18.9. The molecule has 1 atom stereocenters. The van der Waals surface area contributed by atoms with Crippen LogP contribution in [-0.2, 0) is 20.8 Å². The van der Waals surface area contributed by atoms with Gasteiger partial charge in [0.2, 0.25) is 0 Å². The van der Waals surface area contributed by atoms with Gasteiger partial charge in [-0.2, -0.15) is 0 Å². The van der Waals surface area contributed by atoms with Crippen LogP contribution in [0.2, 0.25) is 0 Å². The summed E-state index contributed by atoms with van der Waals surface area (Å²) in [6.45, 7) is 11.1. The zero-order valence-corrected chi connectivity index (χ0v) is 23.8. The van der Waals surface area contributed by atoms with Crippen molar-refractivity contribution in [1.29, 1.82) is 0 Å². The van der Waals surface area contributed by atoms with Crippen LogP contribution in [0.3, 0.4) is 0 Å². The Kier molecular flexibility index (Phi) is 10.1. The van der Waals surface area contributed by atoms with Gasteiger partial charge in [0.25, 0.3) is 11.8 Å². The van der Waals surface area contributed by atoms with Crippen LogP contribution in [0.1, 0.15) is 46.2 Å². The van der Waals surface area contributed by atoms with Gasteiger partial charge in [-0.25, -0.2) is 4.98 Å². The highest BCUT2D eigenvalue weighted by Gasteiger charge is 2.34. The molecule has 2 aliphatic heterocycles. The molecular formula is C28H39N5O5S. The van der Waals surface area contributed by atoms with Crippen molar-refractivity contribution >= 4 is 34.0 Å². The Bertz CT molecular complexity index is 1150. The number of anilines is 2. The Morgan fingerprint density at radius 2 is 2.13 bits per heavy atom. The molecule has 2 saturated heterocycles. The second kappa shape index (κ2) is 13.5. The highest BCUT2D eigenvalue weighted by molar-refractivity contribution is 7.14. The number of thiazole rings is 1. The average Bonchev–Trinajstić information content (AvgIpc) is 3.39. The first kappa shape index (κ1) is 29.2. The van der Waals surface area contributed by atoms with Crippen LogP contribution in [0.4, 0.5) is 10.8 Å². The lowest BCUT2D eigenvalue weighted by molar-refractivity contribution is -0.0678. The minimum absolute atomic E-state index is 0.123. The molecule has 1 unspecified atom stereocenters. The predicted molar refractivity (Wildman–Crippen MR) is 153 cm³/mol. The van der Waals surface area contributed by atoms with Gasteiger partial charge in [0.05, 0.1) is 37.2 Å². The van der Waals surface area contributed by atoms with E-state index in [2.05, 4.69) is 38.9 Å². The van der Waals surface area contributed by atoms with Crippen molar-refractivity contribution in [2.75, 3.05) is 70.4 Å². The molecule has 0 aliphatic carbocycles. The lowest BCUT2D eigenvalue weighted by Crippen LogP contribution is -2.54. The second-order valence-electron chi connectivity index (χ2n) is 10.2. The van der Waals surface area contributed by atoms with Gasteiger partial charge >= 0.3 is 0 Å². The van der Waals surface area contributed by atoms with Gasteiger partial charge in [0.1, 0.15) is 5.69 Å². The SMILES string of the molecule is C=CCCC1(C)COCCN1Cc1ccc(NC(=O)c2csc(N3CC(OC)C3)n2)c(C(=O)NCCOC)c1. The number of hydrogen-bond donors (Lipinski definition) is 2. The summed E-state index contributed by atoms with van der Waals surface area (Å²) in [5.41, 5.74) is 2.02. The highest BCUT2D eigenvalue weighted by Crippen LogP contribution is 2.29. The molecule has 2 amide bonds. The van der Waals surface area contributed by atoms with Crippen molar-refractivity contribution in [1.82, 2.24) is 15.2 Å². The standard InChI is InChI=1S/C28H39N5O5S/c1-5-6-9-28(2)19-38-13-11-33(28)15-20-7-8-23(22(14-20)25(34)29-10-12-36-3)30-26(35)24-18-39-27(31-24)32-16-21(17-32)37-4/h5,7-8,14,18,21H,1,6,9-13,15-17,19H2,2-4H3,(H,29,34)(H,30,35). The fraction of sp³-hybridized carbons (Fsp3) is 0.536. The second-order valence-corrected chi connectivity index (χ2v) is 11.0. The van der Waals surface area contributed by atoms with E-state index in [-0.39, 0.29) is 23.5 Å². The maximum Gasteiger partial charge on any atom is 0.275 e. The van der Waals surface area contributed by atoms with Gasteiger partial charge in [-0.1, -0.05) is 12.1 Å². The monoisotopic (exact) mass is 557 g/mol. The fourth-order valence-electron chi connectivity index (χ4n) is 4.75. The molecule has 212 valence electrons. The molecule has 1 aromatic heterocycles. The zero-order chi connectivity index (χ0) is 27.8. The van der Waals surface area contributed by atoms with E-state index in [9.17, 15) is 9.59 Å². The number of methoxy groups -OCH3 is 2. The Balaban J connectivity index is 1.51. The summed E-state index contributed by atoms with van der Waals surface area (Å²) < 4.78 is 16.2. The molecule has 39 heavy (non-hydrogen) atoms. The molecule has 3 heterocycles. The Labute approximate surface area is 234 Å². The number of amides is 2. The van der Waals surface area contributed by atoms with E-state index in [1.54, 1.807) is 25.7 Å². The van der Waals surface area contributed by atoms with E-state index in [4.69, 9.17) is 14.2 Å². The van der Waals surface area contributed by atoms with Gasteiger partial charge in [-0.3, -0.25) is 14.5 Å². The van der Waals surface area contributed by atoms with Gasteiger partial charge in [0, 0.05) is 57.9 Å². The third kappa shape index (κ3) is 7.23. The number of ether oxygens (including phenoxy) is 3. The third-order valence-electron chi connectivity index (χ3n) is 7.29. The van der Waals surface area contributed by atoms with Crippen molar-refractivity contribution in [3.63, 3.8) is 0 Å². The quantitative estimate of drug-likeness (QED) is 0.286. The van der Waals surface area contributed by atoms with E-state index >= 15 is 0 Å².